The van der Waals surface area contributed by atoms with Crippen molar-refractivity contribution in [1.82, 2.24) is 14.9 Å². The lowest BCUT2D eigenvalue weighted by atomic mass is 9.56. The van der Waals surface area contributed by atoms with E-state index in [1.165, 1.54) is 49.8 Å². The van der Waals surface area contributed by atoms with Gasteiger partial charge in [0.2, 0.25) is 0 Å². The van der Waals surface area contributed by atoms with Crippen LogP contribution in [0.4, 0.5) is 5.95 Å². The molecule has 1 saturated carbocycles. The number of hydrogen-bond donors (Lipinski definition) is 2. The smallest absolute Gasteiger partial charge is 0.198 e. The molecule has 1 aliphatic heterocycles. The zero-order valence-corrected chi connectivity index (χ0v) is 14.5. The molecule has 0 spiro atoms. The van der Waals surface area contributed by atoms with Gasteiger partial charge in [0.25, 0.3) is 0 Å². The zero-order valence-electron chi connectivity index (χ0n) is 14.5. The van der Waals surface area contributed by atoms with Crippen LogP contribution in [0.2, 0.25) is 0 Å². The maximum Gasteiger partial charge on any atom is 0.198 e. The Labute approximate surface area is 138 Å². The van der Waals surface area contributed by atoms with E-state index in [4.69, 9.17) is 5.73 Å². The van der Waals surface area contributed by atoms with E-state index in [0.29, 0.717) is 17.4 Å². The Balaban J connectivity index is 1.87. The number of benzene rings is 1. The number of fused-ring (bicyclic) bond motifs is 2. The molecule has 1 aromatic carbocycles. The van der Waals surface area contributed by atoms with E-state index in [-0.39, 0.29) is 0 Å². The average molecular weight is 312 g/mol. The first-order valence-corrected chi connectivity index (χ1v) is 8.98. The van der Waals surface area contributed by atoms with Crippen molar-refractivity contribution >= 4 is 17.0 Å². The molecule has 2 aliphatic rings. The number of anilines is 1. The van der Waals surface area contributed by atoms with Gasteiger partial charge >= 0.3 is 0 Å². The van der Waals surface area contributed by atoms with Crippen LogP contribution < -0.4 is 5.73 Å². The van der Waals surface area contributed by atoms with E-state index in [0.717, 1.165) is 17.0 Å². The van der Waals surface area contributed by atoms with Crippen LogP contribution in [0.25, 0.3) is 11.0 Å². The highest BCUT2D eigenvalue weighted by Crippen LogP contribution is 2.52. The molecule has 4 nitrogen and oxygen atoms in total. The molecular formula is C19H28N4. The third-order valence-corrected chi connectivity index (χ3v) is 6.67. The van der Waals surface area contributed by atoms with Gasteiger partial charge in [-0.15, -0.1) is 0 Å². The highest BCUT2D eigenvalue weighted by molar-refractivity contribution is 5.79. The summed E-state index contributed by atoms with van der Waals surface area (Å²) >= 11 is 0. The number of rotatable bonds is 1. The van der Waals surface area contributed by atoms with Crippen molar-refractivity contribution in [2.75, 3.05) is 19.3 Å². The topological polar surface area (TPSA) is 57.9 Å². The summed E-state index contributed by atoms with van der Waals surface area (Å²) in [5.41, 5.74) is 11.2. The SMILES string of the molecule is Cc1cc2[nH]c(N)nc2cc1C12CCCCC1C(C)N(C)CC2. The van der Waals surface area contributed by atoms with Crippen LogP contribution in [-0.4, -0.2) is 34.5 Å². The van der Waals surface area contributed by atoms with E-state index in [9.17, 15) is 0 Å². The van der Waals surface area contributed by atoms with Gasteiger partial charge in [-0.1, -0.05) is 12.8 Å². The van der Waals surface area contributed by atoms with Gasteiger partial charge in [-0.25, -0.2) is 4.98 Å². The summed E-state index contributed by atoms with van der Waals surface area (Å²) in [5, 5.41) is 0. The Kier molecular flexibility index (Phi) is 3.41. The number of imidazole rings is 1. The Morgan fingerprint density at radius 1 is 1.30 bits per heavy atom. The van der Waals surface area contributed by atoms with Gasteiger partial charge in [0.1, 0.15) is 0 Å². The number of nitrogens with two attached hydrogens (primary N) is 1. The van der Waals surface area contributed by atoms with Crippen LogP contribution in [0.15, 0.2) is 12.1 Å². The third kappa shape index (κ3) is 2.18. The molecule has 1 saturated heterocycles. The summed E-state index contributed by atoms with van der Waals surface area (Å²) < 4.78 is 0. The van der Waals surface area contributed by atoms with E-state index in [2.05, 4.69) is 47.9 Å². The minimum atomic E-state index is 0.330. The molecule has 2 heterocycles. The van der Waals surface area contributed by atoms with E-state index >= 15 is 0 Å². The van der Waals surface area contributed by atoms with E-state index in [1.54, 1.807) is 0 Å². The fraction of sp³-hybridized carbons (Fsp3) is 0.632. The monoisotopic (exact) mass is 312 g/mol. The Hall–Kier alpha value is -1.55. The minimum Gasteiger partial charge on any atom is -0.369 e. The number of nitrogens with zero attached hydrogens (tertiary/aromatic N) is 2. The van der Waals surface area contributed by atoms with E-state index < -0.39 is 0 Å². The number of nitrogen functional groups attached to an aromatic ring is 1. The number of piperidine rings is 1. The summed E-state index contributed by atoms with van der Waals surface area (Å²) in [4.78, 5) is 10.2. The van der Waals surface area contributed by atoms with Crippen LogP contribution in [-0.2, 0) is 5.41 Å². The second-order valence-electron chi connectivity index (χ2n) is 7.79. The molecule has 3 atom stereocenters. The highest BCUT2D eigenvalue weighted by Gasteiger charge is 2.48. The average Bonchev–Trinajstić information content (AvgIpc) is 2.89. The Morgan fingerprint density at radius 2 is 2.13 bits per heavy atom. The molecule has 23 heavy (non-hydrogen) atoms. The number of aryl methyl sites for hydroxylation is 1. The van der Waals surface area contributed by atoms with Crippen molar-refractivity contribution < 1.29 is 0 Å². The molecule has 3 N–H and O–H groups in total. The lowest BCUT2D eigenvalue weighted by Crippen LogP contribution is -2.55. The minimum absolute atomic E-state index is 0.330. The number of nitrogens with one attached hydrogen (secondary N) is 1. The van der Waals surface area contributed by atoms with Crippen LogP contribution in [0.3, 0.4) is 0 Å². The standard InChI is InChI=1S/C19H28N4/c1-12-10-16-17(22-18(20)21-16)11-15(12)19-7-5-4-6-14(19)13(2)23(3)9-8-19/h10-11,13-14H,4-9H2,1-3H3,(H3,20,21,22). The summed E-state index contributed by atoms with van der Waals surface area (Å²) in [6, 6.07) is 5.23. The number of aromatic nitrogens is 2. The van der Waals surface area contributed by atoms with Crippen molar-refractivity contribution in [2.24, 2.45) is 5.92 Å². The van der Waals surface area contributed by atoms with E-state index in [1.807, 2.05) is 0 Å². The Bertz CT molecular complexity index is 734. The van der Waals surface area contributed by atoms with Crippen LogP contribution in [0.5, 0.6) is 0 Å². The molecule has 3 unspecified atom stereocenters. The first kappa shape index (κ1) is 15.0. The molecule has 2 fully saturated rings. The molecule has 1 aromatic heterocycles. The number of hydrogen-bond acceptors (Lipinski definition) is 3. The molecule has 4 rings (SSSR count). The van der Waals surface area contributed by atoms with Crippen molar-refractivity contribution in [3.8, 4) is 0 Å². The lowest BCUT2D eigenvalue weighted by molar-refractivity contribution is 0.0226. The van der Waals surface area contributed by atoms with Crippen molar-refractivity contribution in [3.05, 3.63) is 23.3 Å². The molecule has 2 aromatic rings. The quantitative estimate of drug-likeness (QED) is 0.846. The van der Waals surface area contributed by atoms with Crippen molar-refractivity contribution in [3.63, 3.8) is 0 Å². The predicted molar refractivity (Wildman–Crippen MR) is 95.6 cm³/mol. The lowest BCUT2D eigenvalue weighted by Gasteiger charge is -2.54. The second kappa shape index (κ2) is 5.23. The highest BCUT2D eigenvalue weighted by atomic mass is 15.1. The summed E-state index contributed by atoms with van der Waals surface area (Å²) in [6.45, 7) is 5.87. The van der Waals surface area contributed by atoms with Crippen LogP contribution in [0.1, 0.15) is 50.2 Å². The largest absolute Gasteiger partial charge is 0.369 e. The third-order valence-electron chi connectivity index (χ3n) is 6.67. The van der Waals surface area contributed by atoms with Gasteiger partial charge in [-0.05, 0) is 75.9 Å². The van der Waals surface area contributed by atoms with Gasteiger partial charge in [0.05, 0.1) is 11.0 Å². The van der Waals surface area contributed by atoms with Gasteiger partial charge in [0, 0.05) is 11.5 Å². The van der Waals surface area contributed by atoms with Gasteiger partial charge in [0.15, 0.2) is 5.95 Å². The van der Waals surface area contributed by atoms with Crippen molar-refractivity contribution in [2.45, 2.75) is 57.4 Å². The maximum absolute atomic E-state index is 5.87. The number of H-pyrrole nitrogens is 1. The fourth-order valence-electron chi connectivity index (χ4n) is 5.36. The van der Waals surface area contributed by atoms with Gasteiger partial charge in [-0.2, -0.15) is 0 Å². The first-order chi connectivity index (χ1) is 11.0. The van der Waals surface area contributed by atoms with Gasteiger partial charge < -0.3 is 15.6 Å². The number of likely N-dealkylation sites (tertiary alicyclic amines) is 1. The fourth-order valence-corrected chi connectivity index (χ4v) is 5.36. The first-order valence-electron chi connectivity index (χ1n) is 8.98. The van der Waals surface area contributed by atoms with Crippen molar-refractivity contribution in [1.29, 1.82) is 0 Å². The molecule has 4 heteroatoms. The maximum atomic E-state index is 5.87. The number of aromatic amines is 1. The molecule has 0 amide bonds. The second-order valence-corrected chi connectivity index (χ2v) is 7.79. The Morgan fingerprint density at radius 3 is 2.96 bits per heavy atom. The normalized spacial score (nSPS) is 32.1. The van der Waals surface area contributed by atoms with Crippen LogP contribution in [0, 0.1) is 12.8 Å². The molecular weight excluding hydrogens is 284 g/mol. The van der Waals surface area contributed by atoms with Crippen LogP contribution >= 0.6 is 0 Å². The molecule has 1 aliphatic carbocycles. The summed E-state index contributed by atoms with van der Waals surface area (Å²) in [6.07, 6.45) is 6.67. The predicted octanol–water partition coefficient (Wildman–Crippen LogP) is 3.61. The zero-order chi connectivity index (χ0) is 16.2. The molecule has 0 bridgehead atoms. The summed E-state index contributed by atoms with van der Waals surface area (Å²) in [5.74, 6) is 1.27. The molecule has 124 valence electrons. The van der Waals surface area contributed by atoms with Gasteiger partial charge in [-0.3, -0.25) is 0 Å². The summed E-state index contributed by atoms with van der Waals surface area (Å²) in [7, 11) is 2.29. The molecule has 0 radical (unpaired) electrons.